The molecule has 0 atom stereocenters. The lowest BCUT2D eigenvalue weighted by molar-refractivity contribution is 0.356. The Morgan fingerprint density at radius 1 is 1.07 bits per heavy atom. The first-order valence-corrected chi connectivity index (χ1v) is 9.58. The first kappa shape index (κ1) is 18.9. The van der Waals surface area contributed by atoms with Crippen molar-refractivity contribution in [2.45, 2.75) is 13.3 Å². The largest absolute Gasteiger partial charge is 0.493 e. The van der Waals surface area contributed by atoms with Crippen molar-refractivity contribution >= 4 is 17.2 Å². The maximum absolute atomic E-state index is 11.2. The van der Waals surface area contributed by atoms with Gasteiger partial charge in [-0.05, 0) is 52.9 Å². The number of allylic oxidation sites excluding steroid dienone is 2. The number of benzene rings is 2. The van der Waals surface area contributed by atoms with E-state index in [0.29, 0.717) is 11.5 Å². The molecule has 29 heavy (non-hydrogen) atoms. The molecule has 4 rings (SSSR count). The molecule has 0 aliphatic carbocycles. The third-order valence-electron chi connectivity index (χ3n) is 5.35. The monoisotopic (exact) mass is 389 g/mol. The van der Waals surface area contributed by atoms with Gasteiger partial charge in [-0.15, -0.1) is 4.91 Å². The van der Waals surface area contributed by atoms with Gasteiger partial charge in [-0.25, -0.2) is 0 Å². The van der Waals surface area contributed by atoms with Crippen LogP contribution in [0.4, 0.5) is 5.69 Å². The second kappa shape index (κ2) is 7.91. The van der Waals surface area contributed by atoms with Crippen molar-refractivity contribution in [2.24, 2.45) is 10.2 Å². The molecular formula is C23H23N3O3. The van der Waals surface area contributed by atoms with Gasteiger partial charge in [0.25, 0.3) is 0 Å². The van der Waals surface area contributed by atoms with Gasteiger partial charge in [0.05, 0.1) is 20.8 Å². The summed E-state index contributed by atoms with van der Waals surface area (Å²) in [5.41, 5.74) is 5.66. The number of hydrogen-bond acceptors (Lipinski definition) is 6. The molecule has 0 amide bonds. The van der Waals surface area contributed by atoms with Crippen molar-refractivity contribution in [1.82, 2.24) is 4.90 Å². The average molecular weight is 389 g/mol. The summed E-state index contributed by atoms with van der Waals surface area (Å²) in [5.74, 6) is 1.92. The Labute approximate surface area is 170 Å². The van der Waals surface area contributed by atoms with Crippen molar-refractivity contribution in [3.63, 3.8) is 0 Å². The zero-order chi connectivity index (χ0) is 20.4. The molecule has 2 aliphatic heterocycles. The molecule has 0 saturated heterocycles. The van der Waals surface area contributed by atoms with Gasteiger partial charge in [-0.2, -0.15) is 0 Å². The molecular weight excluding hydrogens is 366 g/mol. The Hall–Kier alpha value is -3.41. The van der Waals surface area contributed by atoms with Gasteiger partial charge in [0.15, 0.2) is 17.2 Å². The number of rotatable bonds is 5. The Balaban J connectivity index is 1.68. The van der Waals surface area contributed by atoms with Crippen molar-refractivity contribution in [2.75, 3.05) is 27.3 Å². The van der Waals surface area contributed by atoms with Crippen molar-refractivity contribution in [1.29, 1.82) is 0 Å². The quantitative estimate of drug-likeness (QED) is 0.662. The van der Waals surface area contributed by atoms with E-state index in [9.17, 15) is 4.91 Å². The van der Waals surface area contributed by atoms with Gasteiger partial charge >= 0.3 is 0 Å². The van der Waals surface area contributed by atoms with Crippen molar-refractivity contribution in [3.05, 3.63) is 64.6 Å². The number of amidine groups is 1. The maximum atomic E-state index is 11.2. The molecule has 2 heterocycles. The van der Waals surface area contributed by atoms with Crippen LogP contribution in [0.3, 0.4) is 0 Å². The summed E-state index contributed by atoms with van der Waals surface area (Å²) >= 11 is 0. The topological polar surface area (TPSA) is 63.5 Å². The molecule has 148 valence electrons. The van der Waals surface area contributed by atoms with Gasteiger partial charge in [-0.3, -0.25) is 4.99 Å². The van der Waals surface area contributed by atoms with Crippen LogP contribution < -0.4 is 9.47 Å². The predicted octanol–water partition coefficient (Wildman–Crippen LogP) is 5.17. The summed E-state index contributed by atoms with van der Waals surface area (Å²) in [4.78, 5) is 18.2. The molecule has 2 aromatic carbocycles. The Morgan fingerprint density at radius 3 is 2.48 bits per heavy atom. The summed E-state index contributed by atoms with van der Waals surface area (Å²) in [5, 5.41) is 3.09. The van der Waals surface area contributed by atoms with Gasteiger partial charge < -0.3 is 14.4 Å². The van der Waals surface area contributed by atoms with Crippen LogP contribution in [0.25, 0.3) is 16.8 Å². The van der Waals surface area contributed by atoms with E-state index < -0.39 is 0 Å². The summed E-state index contributed by atoms with van der Waals surface area (Å²) in [6, 6.07) is 11.9. The third-order valence-corrected chi connectivity index (χ3v) is 5.35. The number of methoxy groups -OCH3 is 2. The van der Waals surface area contributed by atoms with Crippen LogP contribution >= 0.6 is 0 Å². The zero-order valence-electron chi connectivity index (χ0n) is 16.8. The third kappa shape index (κ3) is 3.31. The van der Waals surface area contributed by atoms with Crippen LogP contribution in [0.2, 0.25) is 0 Å². The van der Waals surface area contributed by atoms with Crippen LogP contribution in [0.5, 0.6) is 11.5 Å². The molecule has 0 saturated carbocycles. The van der Waals surface area contributed by atoms with Gasteiger partial charge in [0.2, 0.25) is 0 Å². The molecule has 0 N–H and O–H groups in total. The second-order valence-corrected chi connectivity index (χ2v) is 6.86. The summed E-state index contributed by atoms with van der Waals surface area (Å²) in [6.45, 7) is 3.80. The van der Waals surface area contributed by atoms with E-state index in [1.807, 2.05) is 18.2 Å². The van der Waals surface area contributed by atoms with Gasteiger partial charge in [0.1, 0.15) is 5.84 Å². The lowest BCUT2D eigenvalue weighted by atomic mass is 9.98. The number of fused-ring (bicyclic) bond motifs is 1. The number of ether oxygens (including phenoxy) is 2. The van der Waals surface area contributed by atoms with E-state index in [1.165, 1.54) is 18.4 Å². The first-order valence-electron chi connectivity index (χ1n) is 9.58. The van der Waals surface area contributed by atoms with E-state index in [2.05, 4.69) is 46.3 Å². The summed E-state index contributed by atoms with van der Waals surface area (Å²) < 4.78 is 10.6. The van der Waals surface area contributed by atoms with Gasteiger partial charge in [0, 0.05) is 12.2 Å². The van der Waals surface area contributed by atoms with Crippen LogP contribution in [0.15, 0.2) is 64.3 Å². The molecule has 0 radical (unpaired) electrons. The average Bonchev–Trinajstić information content (AvgIpc) is 3.27. The van der Waals surface area contributed by atoms with E-state index in [-0.39, 0.29) is 5.69 Å². The Morgan fingerprint density at radius 2 is 1.83 bits per heavy atom. The molecule has 0 unspecified atom stereocenters. The minimum Gasteiger partial charge on any atom is -0.493 e. The highest BCUT2D eigenvalue weighted by Crippen LogP contribution is 2.41. The zero-order valence-corrected chi connectivity index (χ0v) is 16.8. The minimum atomic E-state index is 0.220. The Bertz CT molecular complexity index is 1040. The molecule has 0 spiro atoms. The van der Waals surface area contributed by atoms with Crippen molar-refractivity contribution in [3.8, 4) is 22.6 Å². The highest BCUT2D eigenvalue weighted by molar-refractivity contribution is 6.06. The number of nitrogens with zero attached hydrogens (tertiary/aromatic N) is 3. The fraction of sp³-hybridized carbons (Fsp3) is 0.261. The number of aliphatic imine (C=N–C) groups is 1. The second-order valence-electron chi connectivity index (χ2n) is 6.86. The molecule has 0 fully saturated rings. The molecule has 0 aromatic heterocycles. The fourth-order valence-electron chi connectivity index (χ4n) is 3.90. The normalized spacial score (nSPS) is 16.9. The smallest absolute Gasteiger partial charge is 0.190 e. The van der Waals surface area contributed by atoms with Crippen LogP contribution in [0.1, 0.15) is 18.9 Å². The number of nitroso groups, excluding NO2 is 1. The van der Waals surface area contributed by atoms with E-state index in [1.54, 1.807) is 13.2 Å². The van der Waals surface area contributed by atoms with E-state index >= 15 is 0 Å². The first-order chi connectivity index (χ1) is 14.2. The van der Waals surface area contributed by atoms with Crippen molar-refractivity contribution < 1.29 is 9.47 Å². The van der Waals surface area contributed by atoms with Crippen LogP contribution in [0, 0.1) is 4.91 Å². The molecule has 6 heteroatoms. The molecule has 6 nitrogen and oxygen atoms in total. The SMILES string of the molecule is C/C=C1\CC=C(c2ccc(-c3cc(N=O)c(OC)c(OC)c3)cc2)N2CCN=C12. The van der Waals surface area contributed by atoms with E-state index in [4.69, 9.17) is 9.47 Å². The minimum absolute atomic E-state index is 0.220. The highest BCUT2D eigenvalue weighted by Gasteiger charge is 2.27. The summed E-state index contributed by atoms with van der Waals surface area (Å²) in [7, 11) is 3.04. The lowest BCUT2D eigenvalue weighted by Crippen LogP contribution is -2.30. The van der Waals surface area contributed by atoms with Crippen LogP contribution in [-0.4, -0.2) is 38.0 Å². The van der Waals surface area contributed by atoms with Gasteiger partial charge in [-0.1, -0.05) is 36.4 Å². The predicted molar refractivity (Wildman–Crippen MR) is 116 cm³/mol. The molecule has 2 aliphatic rings. The lowest BCUT2D eigenvalue weighted by Gasteiger charge is -2.29. The molecule has 2 aromatic rings. The van der Waals surface area contributed by atoms with Crippen LogP contribution in [-0.2, 0) is 0 Å². The van der Waals surface area contributed by atoms with E-state index in [0.717, 1.165) is 42.0 Å². The summed E-state index contributed by atoms with van der Waals surface area (Å²) in [6.07, 6.45) is 5.30. The number of hydrogen-bond donors (Lipinski definition) is 0. The highest BCUT2D eigenvalue weighted by atomic mass is 16.5. The molecule has 0 bridgehead atoms. The standard InChI is InChI=1S/C23H23N3O3/c1-4-15-9-10-20(26-12-11-24-23(15)26)17-7-5-16(6-8-17)18-13-19(25-27)22(29-3)21(14-18)28-2/h4-8,10,13-14H,9,11-12H2,1-3H3/b15-4+. The Kier molecular flexibility index (Phi) is 5.16. The fourth-order valence-corrected chi connectivity index (χ4v) is 3.90. The maximum Gasteiger partial charge on any atom is 0.190 e.